The second-order valence-corrected chi connectivity index (χ2v) is 4.91. The van der Waals surface area contributed by atoms with Gasteiger partial charge in [-0.2, -0.15) is 0 Å². The molecule has 6 nitrogen and oxygen atoms in total. The Balaban J connectivity index is 1.93. The summed E-state index contributed by atoms with van der Waals surface area (Å²) in [5.41, 5.74) is 7.56. The first-order chi connectivity index (χ1) is 11.1. The van der Waals surface area contributed by atoms with Crippen molar-refractivity contribution in [2.24, 2.45) is 0 Å². The number of benzene rings is 1. The Morgan fingerprint density at radius 2 is 1.91 bits per heavy atom. The average molecular weight is 315 g/mol. The van der Waals surface area contributed by atoms with Crippen molar-refractivity contribution in [1.29, 1.82) is 0 Å². The van der Waals surface area contributed by atoms with E-state index in [2.05, 4.69) is 10.3 Å². The van der Waals surface area contributed by atoms with Crippen molar-refractivity contribution >= 4 is 17.4 Å². The summed E-state index contributed by atoms with van der Waals surface area (Å²) in [6.07, 6.45) is 0. The largest absolute Gasteiger partial charge is 0.491 e. The predicted molar refractivity (Wildman–Crippen MR) is 89.8 cm³/mol. The van der Waals surface area contributed by atoms with E-state index in [1.807, 2.05) is 13.8 Å². The number of carbonyl (C=O) groups excluding carboxylic acids is 1. The molecule has 0 atom stereocenters. The Labute approximate surface area is 135 Å². The Kier molecular flexibility index (Phi) is 5.94. The minimum Gasteiger partial charge on any atom is -0.491 e. The Hall–Kier alpha value is -2.60. The van der Waals surface area contributed by atoms with Gasteiger partial charge in [-0.1, -0.05) is 0 Å². The van der Waals surface area contributed by atoms with Crippen molar-refractivity contribution in [3.63, 3.8) is 0 Å². The fourth-order valence-electron chi connectivity index (χ4n) is 1.96. The van der Waals surface area contributed by atoms with Crippen molar-refractivity contribution in [2.75, 3.05) is 30.9 Å². The van der Waals surface area contributed by atoms with Gasteiger partial charge < -0.3 is 20.5 Å². The Bertz CT molecular complexity index is 657. The van der Waals surface area contributed by atoms with Crippen LogP contribution in [0, 0.1) is 6.92 Å². The quantitative estimate of drug-likeness (QED) is 0.767. The van der Waals surface area contributed by atoms with Gasteiger partial charge in [0.15, 0.2) is 0 Å². The topological polar surface area (TPSA) is 86.5 Å². The first-order valence-electron chi connectivity index (χ1n) is 7.45. The molecule has 0 spiro atoms. The molecule has 0 saturated heterocycles. The van der Waals surface area contributed by atoms with E-state index in [1.165, 1.54) is 0 Å². The molecular weight excluding hydrogens is 294 g/mol. The number of pyridine rings is 1. The molecule has 6 heteroatoms. The minimum absolute atomic E-state index is 0.221. The van der Waals surface area contributed by atoms with Gasteiger partial charge >= 0.3 is 0 Å². The molecule has 0 aliphatic rings. The van der Waals surface area contributed by atoms with E-state index in [4.69, 9.17) is 15.2 Å². The summed E-state index contributed by atoms with van der Waals surface area (Å²) in [5, 5.41) is 2.78. The van der Waals surface area contributed by atoms with E-state index in [1.54, 1.807) is 36.4 Å². The lowest BCUT2D eigenvalue weighted by Gasteiger charge is -2.09. The number of nitrogen functional groups attached to an aromatic ring is 1. The highest BCUT2D eigenvalue weighted by Crippen LogP contribution is 2.17. The molecule has 23 heavy (non-hydrogen) atoms. The van der Waals surface area contributed by atoms with Gasteiger partial charge in [-0.3, -0.25) is 4.79 Å². The number of hydrogen-bond donors (Lipinski definition) is 2. The molecule has 0 radical (unpaired) electrons. The van der Waals surface area contributed by atoms with E-state index in [-0.39, 0.29) is 11.7 Å². The van der Waals surface area contributed by atoms with Crippen molar-refractivity contribution < 1.29 is 14.3 Å². The van der Waals surface area contributed by atoms with Crippen LogP contribution in [0.25, 0.3) is 0 Å². The van der Waals surface area contributed by atoms with E-state index < -0.39 is 0 Å². The molecule has 0 fully saturated rings. The van der Waals surface area contributed by atoms with Crippen LogP contribution < -0.4 is 15.8 Å². The summed E-state index contributed by atoms with van der Waals surface area (Å²) in [4.78, 5) is 16.3. The summed E-state index contributed by atoms with van der Waals surface area (Å²) in [5.74, 6) is 0.651. The molecular formula is C17H21N3O3. The lowest BCUT2D eigenvalue weighted by Crippen LogP contribution is -2.15. The molecule has 0 bridgehead atoms. The third-order valence-electron chi connectivity index (χ3n) is 3.12. The second-order valence-electron chi connectivity index (χ2n) is 4.91. The molecule has 1 heterocycles. The number of nitrogens with two attached hydrogens (primary N) is 1. The molecule has 0 saturated carbocycles. The first kappa shape index (κ1) is 16.8. The van der Waals surface area contributed by atoms with Crippen LogP contribution in [-0.4, -0.2) is 30.7 Å². The zero-order valence-corrected chi connectivity index (χ0v) is 13.3. The van der Waals surface area contributed by atoms with Gasteiger partial charge in [-0.05, 0) is 50.2 Å². The SMILES string of the molecule is CCOCCOc1ccc(NC(=O)c2ccc(C)nc2N)cc1. The standard InChI is InChI=1S/C17H21N3O3/c1-3-22-10-11-23-14-7-5-13(6-8-14)20-17(21)15-9-4-12(2)19-16(15)18/h4-9H,3,10-11H2,1-2H3,(H2,18,19)(H,20,21). The van der Waals surface area contributed by atoms with E-state index in [9.17, 15) is 4.79 Å². The highest BCUT2D eigenvalue weighted by Gasteiger charge is 2.11. The maximum atomic E-state index is 12.2. The molecule has 122 valence electrons. The van der Waals surface area contributed by atoms with Crippen molar-refractivity contribution in [2.45, 2.75) is 13.8 Å². The van der Waals surface area contributed by atoms with Crippen LogP contribution in [0.1, 0.15) is 23.0 Å². The summed E-state index contributed by atoms with van der Waals surface area (Å²) in [7, 11) is 0. The van der Waals surface area contributed by atoms with Crippen molar-refractivity contribution in [1.82, 2.24) is 4.98 Å². The third kappa shape index (κ3) is 4.96. The zero-order chi connectivity index (χ0) is 16.7. The summed E-state index contributed by atoms with van der Waals surface area (Å²) >= 11 is 0. The summed E-state index contributed by atoms with van der Waals surface area (Å²) < 4.78 is 10.7. The lowest BCUT2D eigenvalue weighted by atomic mass is 10.2. The molecule has 2 aromatic rings. The number of hydrogen-bond acceptors (Lipinski definition) is 5. The number of amides is 1. The van der Waals surface area contributed by atoms with Crippen LogP contribution in [0.3, 0.4) is 0 Å². The second kappa shape index (κ2) is 8.14. The normalized spacial score (nSPS) is 10.3. The summed E-state index contributed by atoms with van der Waals surface area (Å²) in [6, 6.07) is 10.5. The van der Waals surface area contributed by atoms with Crippen LogP contribution >= 0.6 is 0 Å². The molecule has 1 aromatic heterocycles. The average Bonchev–Trinajstić information content (AvgIpc) is 2.53. The number of ether oxygens (including phenoxy) is 2. The number of carbonyl (C=O) groups is 1. The first-order valence-corrected chi connectivity index (χ1v) is 7.45. The zero-order valence-electron chi connectivity index (χ0n) is 13.3. The van der Waals surface area contributed by atoms with Gasteiger partial charge in [0.2, 0.25) is 0 Å². The number of rotatable bonds is 7. The number of aromatic nitrogens is 1. The number of nitrogens with zero attached hydrogens (tertiary/aromatic N) is 1. The molecule has 2 rings (SSSR count). The minimum atomic E-state index is -0.292. The van der Waals surface area contributed by atoms with Crippen LogP contribution in [0.2, 0.25) is 0 Å². The van der Waals surface area contributed by atoms with Crippen LogP contribution in [0.15, 0.2) is 36.4 Å². The highest BCUT2D eigenvalue weighted by atomic mass is 16.5. The van der Waals surface area contributed by atoms with Gasteiger partial charge in [-0.15, -0.1) is 0 Å². The highest BCUT2D eigenvalue weighted by molar-refractivity contribution is 6.07. The van der Waals surface area contributed by atoms with Crippen LogP contribution in [0.4, 0.5) is 11.5 Å². The molecule has 3 N–H and O–H groups in total. The molecule has 0 unspecified atom stereocenters. The Morgan fingerprint density at radius 3 is 2.57 bits per heavy atom. The molecule has 0 aliphatic heterocycles. The van der Waals surface area contributed by atoms with E-state index >= 15 is 0 Å². The van der Waals surface area contributed by atoms with Gasteiger partial charge in [0.1, 0.15) is 18.2 Å². The third-order valence-corrected chi connectivity index (χ3v) is 3.12. The van der Waals surface area contributed by atoms with Crippen molar-refractivity contribution in [3.8, 4) is 5.75 Å². The van der Waals surface area contributed by atoms with E-state index in [0.717, 1.165) is 11.4 Å². The number of nitrogens with one attached hydrogen (secondary N) is 1. The summed E-state index contributed by atoms with van der Waals surface area (Å²) in [6.45, 7) is 5.47. The van der Waals surface area contributed by atoms with Crippen molar-refractivity contribution in [3.05, 3.63) is 47.7 Å². The maximum absolute atomic E-state index is 12.2. The van der Waals surface area contributed by atoms with Gasteiger partial charge in [-0.25, -0.2) is 4.98 Å². The van der Waals surface area contributed by atoms with E-state index in [0.29, 0.717) is 31.1 Å². The van der Waals surface area contributed by atoms with Gasteiger partial charge in [0.05, 0.1) is 12.2 Å². The van der Waals surface area contributed by atoms with Crippen LogP contribution in [-0.2, 0) is 4.74 Å². The lowest BCUT2D eigenvalue weighted by molar-refractivity contribution is 0.102. The smallest absolute Gasteiger partial charge is 0.259 e. The number of anilines is 2. The van der Waals surface area contributed by atoms with Gasteiger partial charge in [0.25, 0.3) is 5.91 Å². The fourth-order valence-corrected chi connectivity index (χ4v) is 1.96. The number of aryl methyl sites for hydroxylation is 1. The Morgan fingerprint density at radius 1 is 1.17 bits per heavy atom. The molecule has 0 aliphatic carbocycles. The molecule has 1 amide bonds. The molecule has 1 aromatic carbocycles. The maximum Gasteiger partial charge on any atom is 0.259 e. The fraction of sp³-hybridized carbons (Fsp3) is 0.294. The van der Waals surface area contributed by atoms with Crippen LogP contribution in [0.5, 0.6) is 5.75 Å². The predicted octanol–water partition coefficient (Wildman–Crippen LogP) is 2.64. The monoisotopic (exact) mass is 315 g/mol. The van der Waals surface area contributed by atoms with Gasteiger partial charge in [0, 0.05) is 18.0 Å².